The van der Waals surface area contributed by atoms with Crippen molar-refractivity contribution in [3.63, 3.8) is 0 Å². The maximum Gasteiger partial charge on any atom is 0.111 e. The molecule has 0 rings (SSSR count). The van der Waals surface area contributed by atoms with Crippen LogP contribution in [0.3, 0.4) is 0 Å². The highest BCUT2D eigenvalue weighted by molar-refractivity contribution is 4.78. The van der Waals surface area contributed by atoms with Crippen molar-refractivity contribution in [1.82, 2.24) is 0 Å². The van der Waals surface area contributed by atoms with Crippen LogP contribution in [0, 0.1) is 0 Å². The lowest BCUT2D eigenvalue weighted by Crippen LogP contribution is -2.40. The first-order chi connectivity index (χ1) is 5.39. The SMILES string of the molecule is CCC(C)(C)OC(C)(CC)C[O]. The van der Waals surface area contributed by atoms with E-state index in [2.05, 4.69) is 6.92 Å². The van der Waals surface area contributed by atoms with E-state index in [-0.39, 0.29) is 12.2 Å². The largest absolute Gasteiger partial charge is 0.367 e. The molecule has 1 radical (unpaired) electrons. The van der Waals surface area contributed by atoms with Crippen LogP contribution in [-0.4, -0.2) is 17.8 Å². The molecule has 0 saturated heterocycles. The van der Waals surface area contributed by atoms with Gasteiger partial charge in [-0.15, -0.1) is 0 Å². The van der Waals surface area contributed by atoms with E-state index in [4.69, 9.17) is 4.74 Å². The maximum atomic E-state index is 10.9. The number of ether oxygens (including phenoxy) is 1. The molecule has 0 heterocycles. The molecule has 0 amide bonds. The summed E-state index contributed by atoms with van der Waals surface area (Å²) >= 11 is 0. The van der Waals surface area contributed by atoms with Crippen molar-refractivity contribution in [3.8, 4) is 0 Å². The first-order valence-corrected chi connectivity index (χ1v) is 4.67. The molecule has 0 spiro atoms. The van der Waals surface area contributed by atoms with Crippen molar-refractivity contribution >= 4 is 0 Å². The van der Waals surface area contributed by atoms with Gasteiger partial charge in [-0.1, -0.05) is 13.8 Å². The molecule has 0 aromatic heterocycles. The van der Waals surface area contributed by atoms with Gasteiger partial charge in [0.1, 0.15) is 6.61 Å². The normalized spacial score (nSPS) is 17.5. The number of hydrogen-bond acceptors (Lipinski definition) is 1. The summed E-state index contributed by atoms with van der Waals surface area (Å²) in [7, 11) is 0. The van der Waals surface area contributed by atoms with Gasteiger partial charge in [-0.25, -0.2) is 5.11 Å². The highest BCUT2D eigenvalue weighted by Gasteiger charge is 2.30. The Morgan fingerprint density at radius 3 is 1.83 bits per heavy atom. The minimum absolute atomic E-state index is 0.160. The van der Waals surface area contributed by atoms with E-state index < -0.39 is 5.60 Å². The van der Waals surface area contributed by atoms with Gasteiger partial charge in [0, 0.05) is 0 Å². The van der Waals surface area contributed by atoms with Crippen LogP contribution in [0.15, 0.2) is 0 Å². The van der Waals surface area contributed by atoms with E-state index in [0.717, 1.165) is 12.8 Å². The van der Waals surface area contributed by atoms with Crippen molar-refractivity contribution in [2.24, 2.45) is 0 Å². The second-order valence-corrected chi connectivity index (χ2v) is 4.16. The monoisotopic (exact) mass is 173 g/mol. The van der Waals surface area contributed by atoms with E-state index >= 15 is 0 Å². The van der Waals surface area contributed by atoms with Crippen LogP contribution >= 0.6 is 0 Å². The van der Waals surface area contributed by atoms with Gasteiger partial charge < -0.3 is 4.74 Å². The molecule has 73 valence electrons. The summed E-state index contributed by atoms with van der Waals surface area (Å²) in [5.74, 6) is 0. The number of hydrogen-bond donors (Lipinski definition) is 0. The Morgan fingerprint density at radius 2 is 1.58 bits per heavy atom. The molecule has 0 bridgehead atoms. The van der Waals surface area contributed by atoms with Crippen molar-refractivity contribution in [3.05, 3.63) is 0 Å². The van der Waals surface area contributed by atoms with Crippen LogP contribution in [0.2, 0.25) is 0 Å². The molecular weight excluding hydrogens is 152 g/mol. The van der Waals surface area contributed by atoms with Gasteiger partial charge in [-0.2, -0.15) is 0 Å². The average Bonchev–Trinajstić information content (AvgIpc) is 2.04. The van der Waals surface area contributed by atoms with E-state index in [0.29, 0.717) is 0 Å². The topological polar surface area (TPSA) is 29.1 Å². The van der Waals surface area contributed by atoms with Crippen molar-refractivity contribution in [1.29, 1.82) is 0 Å². The second kappa shape index (κ2) is 4.24. The van der Waals surface area contributed by atoms with E-state index in [1.807, 2.05) is 27.7 Å². The summed E-state index contributed by atoms with van der Waals surface area (Å²) < 4.78 is 5.76. The van der Waals surface area contributed by atoms with Crippen molar-refractivity contribution < 1.29 is 9.84 Å². The summed E-state index contributed by atoms with van der Waals surface area (Å²) in [6, 6.07) is 0. The van der Waals surface area contributed by atoms with Crippen LogP contribution in [0.4, 0.5) is 0 Å². The third kappa shape index (κ3) is 3.55. The Kier molecular flexibility index (Phi) is 4.21. The Hall–Kier alpha value is -0.0800. The summed E-state index contributed by atoms with van der Waals surface area (Å²) in [5.41, 5.74) is -0.658. The lowest BCUT2D eigenvalue weighted by atomic mass is 10.0. The summed E-state index contributed by atoms with van der Waals surface area (Å²) in [6.45, 7) is 9.84. The molecular formula is C10H21O2. The van der Waals surface area contributed by atoms with Crippen LogP contribution in [0.5, 0.6) is 0 Å². The van der Waals surface area contributed by atoms with E-state index in [1.165, 1.54) is 0 Å². The smallest absolute Gasteiger partial charge is 0.111 e. The minimum Gasteiger partial charge on any atom is -0.367 e. The fourth-order valence-corrected chi connectivity index (χ4v) is 0.943. The molecule has 2 nitrogen and oxygen atoms in total. The predicted molar refractivity (Wildman–Crippen MR) is 49.7 cm³/mol. The average molecular weight is 173 g/mol. The van der Waals surface area contributed by atoms with Crippen molar-refractivity contribution in [2.45, 2.75) is 58.7 Å². The fraction of sp³-hybridized carbons (Fsp3) is 1.00. The first-order valence-electron chi connectivity index (χ1n) is 4.67. The van der Waals surface area contributed by atoms with Gasteiger partial charge in [-0.3, -0.25) is 0 Å². The Labute approximate surface area is 75.9 Å². The second-order valence-electron chi connectivity index (χ2n) is 4.16. The summed E-state index contributed by atoms with van der Waals surface area (Å²) in [6.07, 6.45) is 1.71. The zero-order chi connectivity index (χ0) is 9.83. The van der Waals surface area contributed by atoms with Gasteiger partial charge in [0.15, 0.2) is 0 Å². The molecule has 12 heavy (non-hydrogen) atoms. The fourth-order valence-electron chi connectivity index (χ4n) is 0.943. The Bertz CT molecular complexity index is 126. The third-order valence-electron chi connectivity index (χ3n) is 2.43. The van der Waals surface area contributed by atoms with E-state index in [1.54, 1.807) is 0 Å². The standard InChI is InChI=1S/C10H21O2/c1-6-9(3,4)12-10(5,7-2)8-11/h6-8H2,1-5H3. The lowest BCUT2D eigenvalue weighted by Gasteiger charge is -2.35. The van der Waals surface area contributed by atoms with Crippen LogP contribution in [-0.2, 0) is 9.84 Å². The molecule has 0 aromatic carbocycles. The molecule has 0 aliphatic heterocycles. The van der Waals surface area contributed by atoms with Crippen LogP contribution in [0.25, 0.3) is 0 Å². The first kappa shape index (κ1) is 11.9. The van der Waals surface area contributed by atoms with Crippen LogP contribution in [0.1, 0.15) is 47.5 Å². The highest BCUT2D eigenvalue weighted by atomic mass is 16.5. The quantitative estimate of drug-likeness (QED) is 0.628. The third-order valence-corrected chi connectivity index (χ3v) is 2.43. The molecule has 0 aromatic rings. The zero-order valence-electron chi connectivity index (χ0n) is 8.94. The zero-order valence-corrected chi connectivity index (χ0v) is 8.94. The van der Waals surface area contributed by atoms with Gasteiger partial charge in [0.05, 0.1) is 11.2 Å². The Balaban J connectivity index is 4.20. The maximum absolute atomic E-state index is 10.9. The molecule has 1 atom stereocenters. The van der Waals surface area contributed by atoms with Gasteiger partial charge >= 0.3 is 0 Å². The number of rotatable bonds is 5. The Morgan fingerprint density at radius 1 is 1.08 bits per heavy atom. The summed E-state index contributed by atoms with van der Waals surface area (Å²) in [4.78, 5) is 0. The van der Waals surface area contributed by atoms with Gasteiger partial charge in [0.2, 0.25) is 0 Å². The highest BCUT2D eigenvalue weighted by Crippen LogP contribution is 2.25. The molecule has 0 N–H and O–H groups in total. The molecule has 2 heteroatoms. The molecule has 0 fully saturated rings. The van der Waals surface area contributed by atoms with Gasteiger partial charge in [-0.05, 0) is 33.6 Å². The molecule has 0 aliphatic carbocycles. The predicted octanol–water partition coefficient (Wildman–Crippen LogP) is 2.79. The minimum atomic E-state index is -0.487. The lowest BCUT2D eigenvalue weighted by molar-refractivity contribution is -0.162. The van der Waals surface area contributed by atoms with Gasteiger partial charge in [0.25, 0.3) is 0 Å². The summed E-state index contributed by atoms with van der Waals surface area (Å²) in [5, 5.41) is 10.9. The molecule has 1 unspecified atom stereocenters. The molecule has 0 aliphatic rings. The van der Waals surface area contributed by atoms with Crippen LogP contribution < -0.4 is 0 Å². The van der Waals surface area contributed by atoms with E-state index in [9.17, 15) is 5.11 Å². The molecule has 0 saturated carbocycles. The van der Waals surface area contributed by atoms with Crippen molar-refractivity contribution in [2.75, 3.05) is 6.61 Å².